The smallest absolute Gasteiger partial charge is 0.323 e. The maximum absolute atomic E-state index is 11.7. The van der Waals surface area contributed by atoms with Crippen LogP contribution in [0.5, 0.6) is 5.75 Å². The van der Waals surface area contributed by atoms with Gasteiger partial charge in [-0.15, -0.1) is 11.3 Å². The molecule has 1 aliphatic heterocycles. The van der Waals surface area contributed by atoms with Crippen molar-refractivity contribution in [3.63, 3.8) is 0 Å². The first-order valence-electron chi connectivity index (χ1n) is 8.91. The lowest BCUT2D eigenvalue weighted by molar-refractivity contribution is -0.145. The summed E-state index contributed by atoms with van der Waals surface area (Å²) in [6.45, 7) is 2.94. The van der Waals surface area contributed by atoms with Gasteiger partial charge in [-0.25, -0.2) is 4.98 Å². The number of ether oxygens (including phenoxy) is 2. The standard InChI is InChI=1S/C19H25N3O3S/c1-24-19(23)17-4-2-9-22(17)10-3-11-25-15-7-5-14(6-8-15)18-21-13-16(12-20)26-18/h5-8,13,17H,2-4,9-12,20H2,1H3/t17-/m0/s1. The third-order valence-corrected chi connectivity index (χ3v) is 5.62. The molecule has 0 amide bonds. The second kappa shape index (κ2) is 9.12. The van der Waals surface area contributed by atoms with E-state index in [2.05, 4.69) is 9.88 Å². The van der Waals surface area contributed by atoms with E-state index in [1.807, 2.05) is 30.5 Å². The molecule has 1 saturated heterocycles. The molecule has 1 atom stereocenters. The summed E-state index contributed by atoms with van der Waals surface area (Å²) in [5.41, 5.74) is 6.70. The molecule has 2 N–H and O–H groups in total. The van der Waals surface area contributed by atoms with Crippen molar-refractivity contribution in [1.29, 1.82) is 0 Å². The normalized spacial score (nSPS) is 17.4. The van der Waals surface area contributed by atoms with Gasteiger partial charge in [-0.3, -0.25) is 9.69 Å². The summed E-state index contributed by atoms with van der Waals surface area (Å²) in [6, 6.07) is 7.87. The fourth-order valence-electron chi connectivity index (χ4n) is 3.18. The molecule has 1 aromatic carbocycles. The zero-order chi connectivity index (χ0) is 18.4. The third-order valence-electron chi connectivity index (χ3n) is 4.55. The SMILES string of the molecule is COC(=O)[C@@H]1CCCN1CCCOc1ccc(-c2ncc(CN)s2)cc1. The number of esters is 1. The first kappa shape index (κ1) is 18.8. The predicted molar refractivity (Wildman–Crippen MR) is 102 cm³/mol. The van der Waals surface area contributed by atoms with Crippen LogP contribution in [-0.2, 0) is 16.1 Å². The highest BCUT2D eigenvalue weighted by molar-refractivity contribution is 7.15. The number of hydrogen-bond acceptors (Lipinski definition) is 7. The highest BCUT2D eigenvalue weighted by Crippen LogP contribution is 2.26. The third kappa shape index (κ3) is 4.60. The fourth-order valence-corrected chi connectivity index (χ4v) is 3.98. The summed E-state index contributed by atoms with van der Waals surface area (Å²) < 4.78 is 10.7. The molecule has 7 heteroatoms. The lowest BCUT2D eigenvalue weighted by Crippen LogP contribution is -2.37. The lowest BCUT2D eigenvalue weighted by atomic mass is 10.2. The quantitative estimate of drug-likeness (QED) is 0.565. The Balaban J connectivity index is 1.44. The maximum Gasteiger partial charge on any atom is 0.323 e. The van der Waals surface area contributed by atoms with Crippen LogP contribution in [0.25, 0.3) is 10.6 Å². The number of likely N-dealkylation sites (tertiary alicyclic amines) is 1. The first-order chi connectivity index (χ1) is 12.7. The van der Waals surface area contributed by atoms with Crippen LogP contribution in [0.4, 0.5) is 0 Å². The molecule has 0 radical (unpaired) electrons. The zero-order valence-electron chi connectivity index (χ0n) is 15.0. The first-order valence-corrected chi connectivity index (χ1v) is 9.73. The number of hydrogen-bond donors (Lipinski definition) is 1. The van der Waals surface area contributed by atoms with E-state index in [0.717, 1.165) is 53.5 Å². The van der Waals surface area contributed by atoms with Gasteiger partial charge in [0.15, 0.2) is 0 Å². The summed E-state index contributed by atoms with van der Waals surface area (Å²) in [5, 5.41) is 0.972. The molecule has 3 rings (SSSR count). The van der Waals surface area contributed by atoms with Crippen molar-refractivity contribution in [2.45, 2.75) is 31.8 Å². The van der Waals surface area contributed by atoms with E-state index in [0.29, 0.717) is 13.2 Å². The van der Waals surface area contributed by atoms with Gasteiger partial charge < -0.3 is 15.2 Å². The van der Waals surface area contributed by atoms with Crippen molar-refractivity contribution >= 4 is 17.3 Å². The largest absolute Gasteiger partial charge is 0.494 e. The van der Waals surface area contributed by atoms with Crippen LogP contribution in [0, 0.1) is 0 Å². The molecule has 2 heterocycles. The van der Waals surface area contributed by atoms with Crippen molar-refractivity contribution in [2.75, 3.05) is 26.8 Å². The number of rotatable bonds is 8. The van der Waals surface area contributed by atoms with E-state index in [-0.39, 0.29) is 12.0 Å². The molecule has 6 nitrogen and oxygen atoms in total. The predicted octanol–water partition coefficient (Wildman–Crippen LogP) is 2.68. The topological polar surface area (TPSA) is 77.7 Å². The van der Waals surface area contributed by atoms with Crippen molar-refractivity contribution in [2.24, 2.45) is 5.73 Å². The summed E-state index contributed by atoms with van der Waals surface area (Å²) in [7, 11) is 1.45. The molecular formula is C19H25N3O3S. The maximum atomic E-state index is 11.7. The minimum absolute atomic E-state index is 0.0870. The highest BCUT2D eigenvalue weighted by atomic mass is 32.1. The van der Waals surface area contributed by atoms with Crippen molar-refractivity contribution in [3.05, 3.63) is 35.3 Å². The second-order valence-corrected chi connectivity index (χ2v) is 7.39. The number of methoxy groups -OCH3 is 1. The summed E-state index contributed by atoms with van der Waals surface area (Å²) in [4.78, 5) is 19.4. The second-order valence-electron chi connectivity index (χ2n) is 6.28. The Bertz CT molecular complexity index is 717. The summed E-state index contributed by atoms with van der Waals surface area (Å²) >= 11 is 1.61. The molecule has 0 saturated carbocycles. The molecule has 140 valence electrons. The van der Waals surface area contributed by atoms with E-state index in [1.54, 1.807) is 11.3 Å². The van der Waals surface area contributed by atoms with Crippen LogP contribution in [0.1, 0.15) is 24.1 Å². The number of carbonyl (C=O) groups excluding carboxylic acids is 1. The number of nitrogens with two attached hydrogens (primary N) is 1. The Morgan fingerprint density at radius 1 is 1.38 bits per heavy atom. The average Bonchev–Trinajstić information content (AvgIpc) is 3.34. The average molecular weight is 375 g/mol. The Labute approximate surface area is 157 Å². The summed E-state index contributed by atoms with van der Waals surface area (Å²) in [5.74, 6) is 0.717. The molecular weight excluding hydrogens is 350 g/mol. The van der Waals surface area contributed by atoms with Gasteiger partial charge in [-0.1, -0.05) is 0 Å². The Hall–Kier alpha value is -1.96. The van der Waals surface area contributed by atoms with E-state index in [1.165, 1.54) is 7.11 Å². The van der Waals surface area contributed by atoms with Crippen molar-refractivity contribution in [3.8, 4) is 16.3 Å². The number of nitrogens with zero attached hydrogens (tertiary/aromatic N) is 2. The number of aromatic nitrogens is 1. The van der Waals surface area contributed by atoms with Crippen LogP contribution in [0.3, 0.4) is 0 Å². The Morgan fingerprint density at radius 2 is 2.19 bits per heavy atom. The molecule has 0 unspecified atom stereocenters. The van der Waals surface area contributed by atoms with Crippen molar-refractivity contribution < 1.29 is 14.3 Å². The van der Waals surface area contributed by atoms with Gasteiger partial charge in [0.2, 0.25) is 0 Å². The van der Waals surface area contributed by atoms with E-state index in [9.17, 15) is 4.79 Å². The van der Waals surface area contributed by atoms with E-state index < -0.39 is 0 Å². The Kier molecular flexibility index (Phi) is 6.60. The summed E-state index contributed by atoms with van der Waals surface area (Å²) in [6.07, 6.45) is 4.63. The van der Waals surface area contributed by atoms with Crippen LogP contribution in [0.15, 0.2) is 30.5 Å². The van der Waals surface area contributed by atoms with Gasteiger partial charge in [0.25, 0.3) is 0 Å². The number of carbonyl (C=O) groups is 1. The van der Waals surface area contributed by atoms with Crippen LogP contribution in [-0.4, -0.2) is 48.7 Å². The van der Waals surface area contributed by atoms with E-state index >= 15 is 0 Å². The monoisotopic (exact) mass is 375 g/mol. The number of thiazole rings is 1. The van der Waals surface area contributed by atoms with Gasteiger partial charge in [0.05, 0.1) is 13.7 Å². The molecule has 1 aliphatic rings. The zero-order valence-corrected chi connectivity index (χ0v) is 15.8. The van der Waals surface area contributed by atoms with Gasteiger partial charge in [-0.05, 0) is 50.1 Å². The van der Waals surface area contributed by atoms with Crippen molar-refractivity contribution in [1.82, 2.24) is 9.88 Å². The van der Waals surface area contributed by atoms with Crippen LogP contribution in [0.2, 0.25) is 0 Å². The van der Waals surface area contributed by atoms with Crippen LogP contribution >= 0.6 is 11.3 Å². The Morgan fingerprint density at radius 3 is 2.88 bits per heavy atom. The van der Waals surface area contributed by atoms with Gasteiger partial charge in [0, 0.05) is 29.7 Å². The highest BCUT2D eigenvalue weighted by Gasteiger charge is 2.30. The number of benzene rings is 1. The molecule has 0 spiro atoms. The molecule has 26 heavy (non-hydrogen) atoms. The minimum atomic E-state index is -0.126. The lowest BCUT2D eigenvalue weighted by Gasteiger charge is -2.22. The minimum Gasteiger partial charge on any atom is -0.494 e. The molecule has 1 fully saturated rings. The molecule has 2 aromatic rings. The van der Waals surface area contributed by atoms with Crippen LogP contribution < -0.4 is 10.5 Å². The molecule has 1 aromatic heterocycles. The van der Waals surface area contributed by atoms with Gasteiger partial charge in [0.1, 0.15) is 16.8 Å². The van der Waals surface area contributed by atoms with Gasteiger partial charge >= 0.3 is 5.97 Å². The molecule has 0 bridgehead atoms. The van der Waals surface area contributed by atoms with Gasteiger partial charge in [-0.2, -0.15) is 0 Å². The van der Waals surface area contributed by atoms with E-state index in [4.69, 9.17) is 15.2 Å². The fraction of sp³-hybridized carbons (Fsp3) is 0.474. The molecule has 0 aliphatic carbocycles.